The number of amides is 1. The van der Waals surface area contributed by atoms with Crippen molar-refractivity contribution in [1.29, 1.82) is 5.41 Å². The number of nitrogens with one attached hydrogen (secondary N) is 2. The van der Waals surface area contributed by atoms with Crippen LogP contribution in [0.5, 0.6) is 0 Å². The van der Waals surface area contributed by atoms with E-state index in [4.69, 9.17) is 21.4 Å². The highest BCUT2D eigenvalue weighted by Gasteiger charge is 2.12. The Morgan fingerprint density at radius 2 is 1.91 bits per heavy atom. The van der Waals surface area contributed by atoms with Gasteiger partial charge in [0, 0.05) is 16.1 Å². The lowest BCUT2D eigenvalue weighted by Gasteiger charge is -2.07. The normalized spacial score (nSPS) is 10.7. The molecular formula is C18H15ClN2O2. The highest BCUT2D eigenvalue weighted by Crippen LogP contribution is 2.19. The van der Waals surface area contributed by atoms with Crippen molar-refractivity contribution in [3.63, 3.8) is 0 Å². The zero-order valence-corrected chi connectivity index (χ0v) is 13.3. The van der Waals surface area contributed by atoms with Gasteiger partial charge in [-0.3, -0.25) is 10.2 Å². The van der Waals surface area contributed by atoms with E-state index in [9.17, 15) is 4.79 Å². The van der Waals surface area contributed by atoms with Gasteiger partial charge in [0.15, 0.2) is 0 Å². The van der Waals surface area contributed by atoms with Crippen LogP contribution < -0.4 is 10.9 Å². The molecule has 1 heterocycles. The molecule has 2 aromatic carbocycles. The van der Waals surface area contributed by atoms with Gasteiger partial charge < -0.3 is 9.73 Å². The number of benzene rings is 2. The maximum absolute atomic E-state index is 12.4. The number of fused-ring (bicyclic) bond motifs is 1. The number of halogens is 1. The maximum atomic E-state index is 12.4. The Morgan fingerprint density at radius 3 is 2.61 bits per heavy atom. The molecule has 3 rings (SSSR count). The van der Waals surface area contributed by atoms with Crippen molar-refractivity contribution in [2.45, 2.75) is 13.3 Å². The summed E-state index contributed by atoms with van der Waals surface area (Å²) in [5.74, 6) is -0.384. The average molecular weight is 327 g/mol. The number of anilines is 1. The van der Waals surface area contributed by atoms with Crippen LogP contribution >= 0.6 is 11.6 Å². The lowest BCUT2D eigenvalue weighted by atomic mass is 10.1. The van der Waals surface area contributed by atoms with Crippen LogP contribution in [0.3, 0.4) is 0 Å². The Bertz CT molecular complexity index is 930. The fraction of sp³-hybridized carbons (Fsp3) is 0.111. The first-order valence-corrected chi connectivity index (χ1v) is 7.63. The van der Waals surface area contributed by atoms with Crippen LogP contribution in [0, 0.1) is 5.41 Å². The van der Waals surface area contributed by atoms with Crippen molar-refractivity contribution in [2.75, 3.05) is 5.32 Å². The minimum atomic E-state index is -0.384. The average Bonchev–Trinajstić information content (AvgIpc) is 2.55. The van der Waals surface area contributed by atoms with Crippen LogP contribution in [0.1, 0.15) is 22.8 Å². The van der Waals surface area contributed by atoms with E-state index in [-0.39, 0.29) is 17.0 Å². The molecule has 1 aromatic heterocycles. The van der Waals surface area contributed by atoms with Crippen molar-refractivity contribution >= 4 is 34.2 Å². The van der Waals surface area contributed by atoms with E-state index < -0.39 is 0 Å². The van der Waals surface area contributed by atoms with Gasteiger partial charge in [-0.1, -0.05) is 30.7 Å². The highest BCUT2D eigenvalue weighted by molar-refractivity contribution is 6.31. The first-order chi connectivity index (χ1) is 11.1. The summed E-state index contributed by atoms with van der Waals surface area (Å²) in [5.41, 5.74) is 2.38. The van der Waals surface area contributed by atoms with Crippen molar-refractivity contribution in [1.82, 2.24) is 0 Å². The van der Waals surface area contributed by atoms with Crippen LogP contribution in [0.4, 0.5) is 5.69 Å². The van der Waals surface area contributed by atoms with Gasteiger partial charge in [-0.05, 0) is 48.4 Å². The molecule has 1 amide bonds. The molecule has 0 atom stereocenters. The summed E-state index contributed by atoms with van der Waals surface area (Å²) < 4.78 is 5.39. The Hall–Kier alpha value is -2.59. The molecule has 0 aliphatic rings. The van der Waals surface area contributed by atoms with Crippen molar-refractivity contribution in [3.8, 4) is 0 Å². The summed E-state index contributed by atoms with van der Waals surface area (Å²) >= 11 is 5.96. The van der Waals surface area contributed by atoms with E-state index >= 15 is 0 Å². The fourth-order valence-corrected chi connectivity index (χ4v) is 2.48. The van der Waals surface area contributed by atoms with Gasteiger partial charge >= 0.3 is 0 Å². The van der Waals surface area contributed by atoms with Crippen molar-refractivity contribution in [2.24, 2.45) is 0 Å². The zero-order valence-electron chi connectivity index (χ0n) is 12.5. The SMILES string of the molecule is CCc1ccc(NC(=O)c2cc3cc(Cl)ccc3oc2=N)cc1. The molecular weight excluding hydrogens is 312 g/mol. The van der Waals surface area contributed by atoms with Crippen molar-refractivity contribution in [3.05, 3.63) is 70.2 Å². The molecule has 0 spiro atoms. The largest absolute Gasteiger partial charge is 0.438 e. The van der Waals surface area contributed by atoms with Crippen LogP contribution in [0.25, 0.3) is 11.0 Å². The Balaban J connectivity index is 1.93. The summed E-state index contributed by atoms with van der Waals surface area (Å²) in [6.45, 7) is 2.07. The second-order valence-corrected chi connectivity index (χ2v) is 5.61. The summed E-state index contributed by atoms with van der Waals surface area (Å²) in [6, 6.07) is 14.3. The zero-order chi connectivity index (χ0) is 16.4. The van der Waals surface area contributed by atoms with Gasteiger partial charge in [0.1, 0.15) is 11.1 Å². The molecule has 0 fully saturated rings. The molecule has 0 saturated carbocycles. The van der Waals surface area contributed by atoms with E-state index in [1.807, 2.05) is 24.3 Å². The third-order valence-corrected chi connectivity index (χ3v) is 3.83. The molecule has 23 heavy (non-hydrogen) atoms. The molecule has 0 unspecified atom stereocenters. The summed E-state index contributed by atoms with van der Waals surface area (Å²) in [7, 11) is 0. The lowest BCUT2D eigenvalue weighted by molar-refractivity contribution is 0.102. The second-order valence-electron chi connectivity index (χ2n) is 5.18. The number of carbonyl (C=O) groups excluding carboxylic acids is 1. The van der Waals surface area contributed by atoms with E-state index in [0.29, 0.717) is 21.7 Å². The summed E-state index contributed by atoms with van der Waals surface area (Å²) in [5, 5.41) is 11.9. The number of hydrogen-bond donors (Lipinski definition) is 2. The molecule has 0 saturated heterocycles. The molecule has 0 bridgehead atoms. The van der Waals surface area contributed by atoms with Gasteiger partial charge in [0.05, 0.1) is 0 Å². The van der Waals surface area contributed by atoms with Crippen LogP contribution in [0.2, 0.25) is 5.02 Å². The van der Waals surface area contributed by atoms with E-state index in [1.54, 1.807) is 24.3 Å². The summed E-state index contributed by atoms with van der Waals surface area (Å²) in [6.07, 6.45) is 0.940. The molecule has 116 valence electrons. The standard InChI is InChI=1S/C18H15ClN2O2/c1-2-11-3-6-14(7-4-11)21-18(22)15-10-12-9-13(19)5-8-16(12)23-17(15)20/h3-10,20H,2H2,1H3,(H,21,22). The molecule has 0 radical (unpaired) electrons. The van der Waals surface area contributed by atoms with E-state index in [2.05, 4.69) is 12.2 Å². The molecule has 5 heteroatoms. The quantitative estimate of drug-likeness (QED) is 0.750. The molecule has 3 aromatic rings. The first kappa shape index (κ1) is 15.3. The van der Waals surface area contributed by atoms with Gasteiger partial charge in [0.25, 0.3) is 5.91 Å². The highest BCUT2D eigenvalue weighted by atomic mass is 35.5. The molecule has 0 aliphatic carbocycles. The first-order valence-electron chi connectivity index (χ1n) is 7.25. The number of hydrogen-bond acceptors (Lipinski definition) is 3. The Labute approximate surface area is 138 Å². The summed E-state index contributed by atoms with van der Waals surface area (Å²) in [4.78, 5) is 12.4. The van der Waals surface area contributed by atoms with Crippen molar-refractivity contribution < 1.29 is 9.21 Å². The van der Waals surface area contributed by atoms with Crippen LogP contribution in [0.15, 0.2) is 52.9 Å². The van der Waals surface area contributed by atoms with E-state index in [0.717, 1.165) is 6.42 Å². The van der Waals surface area contributed by atoms with Crippen LogP contribution in [-0.4, -0.2) is 5.91 Å². The molecule has 4 nitrogen and oxygen atoms in total. The van der Waals surface area contributed by atoms with Gasteiger partial charge in [-0.2, -0.15) is 0 Å². The van der Waals surface area contributed by atoms with Gasteiger partial charge in [-0.25, -0.2) is 0 Å². The van der Waals surface area contributed by atoms with Gasteiger partial charge in [-0.15, -0.1) is 0 Å². The number of aryl methyl sites for hydroxylation is 1. The van der Waals surface area contributed by atoms with Gasteiger partial charge in [0.2, 0.25) is 5.55 Å². The number of rotatable bonds is 3. The molecule has 0 aliphatic heterocycles. The molecule has 2 N–H and O–H groups in total. The number of carbonyl (C=O) groups is 1. The Kier molecular flexibility index (Phi) is 4.17. The third-order valence-electron chi connectivity index (χ3n) is 3.59. The predicted molar refractivity (Wildman–Crippen MR) is 90.9 cm³/mol. The predicted octanol–water partition coefficient (Wildman–Crippen LogP) is 4.38. The second kappa shape index (κ2) is 6.26. The fourth-order valence-electron chi connectivity index (χ4n) is 2.30. The Morgan fingerprint density at radius 1 is 1.17 bits per heavy atom. The lowest BCUT2D eigenvalue weighted by Crippen LogP contribution is -2.20. The topological polar surface area (TPSA) is 66.1 Å². The van der Waals surface area contributed by atoms with E-state index in [1.165, 1.54) is 5.56 Å². The van der Waals surface area contributed by atoms with Crippen LogP contribution in [-0.2, 0) is 6.42 Å². The third kappa shape index (κ3) is 3.27. The monoisotopic (exact) mass is 326 g/mol. The maximum Gasteiger partial charge on any atom is 0.261 e. The smallest absolute Gasteiger partial charge is 0.261 e. The minimum Gasteiger partial charge on any atom is -0.438 e. The minimum absolute atomic E-state index is 0.166.